The monoisotopic (exact) mass is 171 g/mol. The lowest BCUT2D eigenvalue weighted by Crippen LogP contribution is -2.31. The third kappa shape index (κ3) is 3.09. The van der Waals surface area contributed by atoms with Crippen molar-refractivity contribution in [3.8, 4) is 0 Å². The summed E-state index contributed by atoms with van der Waals surface area (Å²) in [7, 11) is 0. The van der Waals surface area contributed by atoms with E-state index in [0.29, 0.717) is 18.3 Å². The van der Waals surface area contributed by atoms with Gasteiger partial charge in [0.2, 0.25) is 0 Å². The van der Waals surface area contributed by atoms with Gasteiger partial charge in [-0.15, -0.1) is 0 Å². The van der Waals surface area contributed by atoms with Crippen molar-refractivity contribution < 1.29 is 5.21 Å². The van der Waals surface area contributed by atoms with Crippen molar-refractivity contribution in [2.45, 2.75) is 32.2 Å². The second kappa shape index (κ2) is 4.30. The second-order valence-electron chi connectivity index (χ2n) is 3.42. The number of amidine groups is 1. The first-order valence-corrected chi connectivity index (χ1v) is 4.44. The lowest BCUT2D eigenvalue weighted by molar-refractivity contribution is 0.316. The van der Waals surface area contributed by atoms with E-state index in [1.165, 1.54) is 12.8 Å². The van der Waals surface area contributed by atoms with Crippen LogP contribution in [0, 0.1) is 5.92 Å². The summed E-state index contributed by atoms with van der Waals surface area (Å²) in [4.78, 5) is 0. The summed E-state index contributed by atoms with van der Waals surface area (Å²) >= 11 is 0. The first-order valence-electron chi connectivity index (χ1n) is 4.44. The van der Waals surface area contributed by atoms with E-state index in [4.69, 9.17) is 10.9 Å². The highest BCUT2D eigenvalue weighted by Crippen LogP contribution is 2.32. The van der Waals surface area contributed by atoms with Gasteiger partial charge in [0.25, 0.3) is 0 Å². The minimum atomic E-state index is 0.297. The molecule has 0 spiro atoms. The molecule has 1 atom stereocenters. The average Bonchev–Trinajstić information content (AvgIpc) is 2.86. The summed E-state index contributed by atoms with van der Waals surface area (Å²) in [5.41, 5.74) is 5.31. The Labute approximate surface area is 72.8 Å². The first-order chi connectivity index (χ1) is 5.74. The van der Waals surface area contributed by atoms with Crippen molar-refractivity contribution in [3.63, 3.8) is 0 Å². The van der Waals surface area contributed by atoms with Gasteiger partial charge in [-0.3, -0.25) is 0 Å². The van der Waals surface area contributed by atoms with Crippen LogP contribution < -0.4 is 11.1 Å². The van der Waals surface area contributed by atoms with E-state index < -0.39 is 0 Å². The molecule has 12 heavy (non-hydrogen) atoms. The van der Waals surface area contributed by atoms with E-state index in [1.807, 2.05) is 0 Å². The molecule has 0 aromatic heterocycles. The van der Waals surface area contributed by atoms with Gasteiger partial charge in [-0.1, -0.05) is 5.16 Å². The summed E-state index contributed by atoms with van der Waals surface area (Å²) in [5, 5.41) is 14.5. The predicted octanol–water partition coefficient (Wildman–Crippen LogP) is 0.511. The molecule has 0 aliphatic heterocycles. The topological polar surface area (TPSA) is 70.6 Å². The molecule has 0 aromatic rings. The minimum Gasteiger partial charge on any atom is -0.409 e. The smallest absolute Gasteiger partial charge is 0.140 e. The van der Waals surface area contributed by atoms with E-state index in [0.717, 1.165) is 12.5 Å². The number of nitrogens with zero attached hydrogens (tertiary/aromatic N) is 1. The molecule has 4 nitrogen and oxygen atoms in total. The van der Waals surface area contributed by atoms with Gasteiger partial charge in [-0.05, 0) is 25.7 Å². The summed E-state index contributed by atoms with van der Waals surface area (Å²) in [6.45, 7) is 2.98. The molecule has 1 aliphatic carbocycles. The van der Waals surface area contributed by atoms with Gasteiger partial charge in [0.1, 0.15) is 5.84 Å². The lowest BCUT2D eigenvalue weighted by atomic mass is 10.2. The third-order valence-electron chi connectivity index (χ3n) is 2.31. The molecule has 1 fully saturated rings. The predicted molar refractivity (Wildman–Crippen MR) is 48.2 cm³/mol. The van der Waals surface area contributed by atoms with E-state index in [1.54, 1.807) is 0 Å². The van der Waals surface area contributed by atoms with Crippen LogP contribution in [-0.4, -0.2) is 23.6 Å². The summed E-state index contributed by atoms with van der Waals surface area (Å²) in [6, 6.07) is 0.580. The molecule has 1 aliphatic rings. The molecule has 0 saturated heterocycles. The van der Waals surface area contributed by atoms with Gasteiger partial charge < -0.3 is 16.3 Å². The summed E-state index contributed by atoms with van der Waals surface area (Å²) < 4.78 is 0. The van der Waals surface area contributed by atoms with Crippen LogP contribution in [0.2, 0.25) is 0 Å². The number of hydrogen-bond donors (Lipinski definition) is 3. The van der Waals surface area contributed by atoms with Gasteiger partial charge >= 0.3 is 0 Å². The van der Waals surface area contributed by atoms with Gasteiger partial charge in [0.05, 0.1) is 0 Å². The van der Waals surface area contributed by atoms with Gasteiger partial charge in [-0.25, -0.2) is 0 Å². The average molecular weight is 171 g/mol. The molecule has 1 unspecified atom stereocenters. The molecule has 4 heteroatoms. The molecule has 1 saturated carbocycles. The van der Waals surface area contributed by atoms with Crippen LogP contribution in [0.5, 0.6) is 0 Å². The number of nitrogens with one attached hydrogen (secondary N) is 1. The molecule has 1 rings (SSSR count). The molecular weight excluding hydrogens is 154 g/mol. The Morgan fingerprint density at radius 2 is 2.42 bits per heavy atom. The fourth-order valence-electron chi connectivity index (χ4n) is 1.24. The number of rotatable bonds is 5. The number of hydrogen-bond acceptors (Lipinski definition) is 3. The molecule has 0 heterocycles. The highest BCUT2D eigenvalue weighted by molar-refractivity contribution is 5.79. The zero-order valence-corrected chi connectivity index (χ0v) is 7.45. The fourth-order valence-corrected chi connectivity index (χ4v) is 1.24. The largest absolute Gasteiger partial charge is 0.409 e. The van der Waals surface area contributed by atoms with E-state index in [2.05, 4.69) is 17.4 Å². The van der Waals surface area contributed by atoms with Gasteiger partial charge in [0, 0.05) is 19.0 Å². The van der Waals surface area contributed by atoms with Crippen molar-refractivity contribution >= 4 is 5.84 Å². The molecule has 4 N–H and O–H groups in total. The maximum atomic E-state index is 8.26. The molecule has 0 bridgehead atoms. The normalized spacial score (nSPS) is 20.9. The highest BCUT2D eigenvalue weighted by Gasteiger charge is 2.27. The first kappa shape index (κ1) is 9.32. The van der Waals surface area contributed by atoms with E-state index >= 15 is 0 Å². The Hall–Kier alpha value is -0.770. The van der Waals surface area contributed by atoms with Crippen LogP contribution in [0.25, 0.3) is 0 Å². The van der Waals surface area contributed by atoms with Crippen molar-refractivity contribution in [1.82, 2.24) is 5.32 Å². The Bertz CT molecular complexity index is 166. The molecule has 70 valence electrons. The zero-order valence-electron chi connectivity index (χ0n) is 7.45. The van der Waals surface area contributed by atoms with E-state index in [9.17, 15) is 0 Å². The number of oxime groups is 1. The van der Waals surface area contributed by atoms with E-state index in [-0.39, 0.29) is 0 Å². The Kier molecular flexibility index (Phi) is 3.34. The Morgan fingerprint density at radius 3 is 2.92 bits per heavy atom. The molecule has 0 radical (unpaired) electrons. The standard InChI is InChI=1S/C8H17N3O/c1-6(7-2-3-7)10-5-4-8(9)11-12/h6-7,10,12H,2-5H2,1H3,(H2,9,11). The van der Waals surface area contributed by atoms with Crippen molar-refractivity contribution in [3.05, 3.63) is 0 Å². The maximum absolute atomic E-state index is 8.26. The third-order valence-corrected chi connectivity index (χ3v) is 2.31. The summed E-state index contributed by atoms with van der Waals surface area (Å²) in [6.07, 6.45) is 3.31. The molecule has 0 aromatic carbocycles. The van der Waals surface area contributed by atoms with Crippen molar-refractivity contribution in [2.75, 3.05) is 6.54 Å². The molecule has 0 amide bonds. The zero-order chi connectivity index (χ0) is 8.97. The van der Waals surface area contributed by atoms with Crippen LogP contribution in [0.15, 0.2) is 5.16 Å². The van der Waals surface area contributed by atoms with Gasteiger partial charge in [0.15, 0.2) is 0 Å². The van der Waals surface area contributed by atoms with Crippen LogP contribution >= 0.6 is 0 Å². The quantitative estimate of drug-likeness (QED) is 0.244. The van der Waals surface area contributed by atoms with Crippen LogP contribution in [0.3, 0.4) is 0 Å². The van der Waals surface area contributed by atoms with Crippen LogP contribution in [0.1, 0.15) is 26.2 Å². The number of nitrogens with two attached hydrogens (primary N) is 1. The minimum absolute atomic E-state index is 0.297. The van der Waals surface area contributed by atoms with Crippen LogP contribution in [-0.2, 0) is 0 Å². The lowest BCUT2D eigenvalue weighted by Gasteiger charge is -2.11. The summed E-state index contributed by atoms with van der Waals surface area (Å²) in [5.74, 6) is 1.16. The Morgan fingerprint density at radius 1 is 1.75 bits per heavy atom. The maximum Gasteiger partial charge on any atom is 0.140 e. The molecular formula is C8H17N3O. The Balaban J connectivity index is 2.01. The van der Waals surface area contributed by atoms with Crippen molar-refractivity contribution in [2.24, 2.45) is 16.8 Å². The van der Waals surface area contributed by atoms with Crippen molar-refractivity contribution in [1.29, 1.82) is 0 Å². The SMILES string of the molecule is CC(NCCC(N)=NO)C1CC1. The fraction of sp³-hybridized carbons (Fsp3) is 0.875. The highest BCUT2D eigenvalue weighted by atomic mass is 16.4. The second-order valence-corrected chi connectivity index (χ2v) is 3.42. The van der Waals surface area contributed by atoms with Crippen LogP contribution in [0.4, 0.5) is 0 Å². The van der Waals surface area contributed by atoms with Gasteiger partial charge in [-0.2, -0.15) is 0 Å².